The fourth-order valence-corrected chi connectivity index (χ4v) is 5.51. The van der Waals surface area contributed by atoms with Crippen LogP contribution in [0.5, 0.6) is 5.75 Å². The van der Waals surface area contributed by atoms with Gasteiger partial charge in [-0.1, -0.05) is 11.6 Å². The molecule has 2 saturated carbocycles. The van der Waals surface area contributed by atoms with Crippen LogP contribution in [0.1, 0.15) is 36.7 Å². The van der Waals surface area contributed by atoms with Gasteiger partial charge in [-0.3, -0.25) is 24.3 Å². The van der Waals surface area contributed by atoms with Crippen molar-refractivity contribution >= 4 is 18.8 Å². The number of hydrogen-bond acceptors (Lipinski definition) is 8. The van der Waals surface area contributed by atoms with E-state index in [0.717, 1.165) is 12.0 Å². The second-order valence-electron chi connectivity index (χ2n) is 9.17. The molecule has 10 heteroatoms. The smallest absolute Gasteiger partial charge is 0.275 e. The Morgan fingerprint density at radius 2 is 2.24 bits per heavy atom. The molecule has 0 radical (unpaired) electrons. The third-order valence-corrected chi connectivity index (χ3v) is 7.20. The van der Waals surface area contributed by atoms with Gasteiger partial charge in [0.05, 0.1) is 23.8 Å². The summed E-state index contributed by atoms with van der Waals surface area (Å²) < 4.78 is 1.45. The van der Waals surface area contributed by atoms with E-state index in [-0.39, 0.29) is 24.1 Å². The largest absolute Gasteiger partial charge is 0.503 e. The molecule has 4 atom stereocenters. The molecule has 2 heterocycles. The molecule has 1 aromatic rings. The van der Waals surface area contributed by atoms with Crippen LogP contribution in [0.3, 0.4) is 0 Å². The Bertz CT molecular complexity index is 1110. The first-order valence-electron chi connectivity index (χ1n) is 11.0. The maximum absolute atomic E-state index is 12.3. The maximum Gasteiger partial charge on any atom is 0.275 e. The van der Waals surface area contributed by atoms with E-state index in [4.69, 9.17) is 0 Å². The number of aliphatic hydroxyl groups excluding tert-OH is 1. The number of fused-ring (bicyclic) bond motifs is 1. The van der Waals surface area contributed by atoms with Crippen LogP contribution in [0.2, 0.25) is 0 Å². The quantitative estimate of drug-likeness (QED) is 0.543. The molecule has 3 N–H and O–H groups in total. The second-order valence-corrected chi connectivity index (χ2v) is 9.17. The van der Waals surface area contributed by atoms with Crippen molar-refractivity contribution < 1.29 is 15.0 Å². The number of nitrogens with one attached hydrogen (secondary N) is 1. The van der Waals surface area contributed by atoms with Gasteiger partial charge in [0.2, 0.25) is 0 Å². The van der Waals surface area contributed by atoms with Gasteiger partial charge >= 0.3 is 0 Å². The van der Waals surface area contributed by atoms with Gasteiger partial charge in [0.15, 0.2) is 11.4 Å². The first kappa shape index (κ1) is 22.9. The van der Waals surface area contributed by atoms with Crippen molar-refractivity contribution in [3.63, 3.8) is 0 Å². The van der Waals surface area contributed by atoms with E-state index in [1.807, 2.05) is 12.2 Å². The number of carbonyl (C=O) groups excluding carboxylic acids is 1. The lowest BCUT2D eigenvalue weighted by atomic mass is 9.87. The van der Waals surface area contributed by atoms with Crippen LogP contribution in [-0.4, -0.2) is 75.1 Å². The third-order valence-electron chi connectivity index (χ3n) is 7.20. The zero-order chi connectivity index (χ0) is 23.8. The van der Waals surface area contributed by atoms with Crippen molar-refractivity contribution in [2.24, 2.45) is 21.8 Å². The van der Waals surface area contributed by atoms with Crippen LogP contribution in [-0.2, 0) is 6.54 Å². The van der Waals surface area contributed by atoms with Crippen molar-refractivity contribution in [2.75, 3.05) is 20.3 Å². The standard InChI is InChI=1S/C23H30N6O4/c1-15-6-4-5-7-26-14-28(9-15)22(8-16-17(11-30)23(16,12-22)25-3)13-29-10-18(31)20(32)19(27-29)21(33)24-2/h4-5,7,9-10,16-17,30-31H,3,6,8,11-14H2,1-2H3,(H,24,33)/b5-4-,15-9-,26-7-/t16-,17?,22?,23+/m1/s1. The third kappa shape index (κ3) is 3.88. The van der Waals surface area contributed by atoms with Gasteiger partial charge < -0.3 is 20.4 Å². The normalized spacial score (nSPS) is 34.2. The Labute approximate surface area is 192 Å². The minimum atomic E-state index is -0.812. The number of hydrogen-bond donors (Lipinski definition) is 3. The van der Waals surface area contributed by atoms with E-state index in [2.05, 4.69) is 45.1 Å². The van der Waals surface area contributed by atoms with Gasteiger partial charge in [-0.15, -0.1) is 0 Å². The minimum absolute atomic E-state index is 0.0502. The van der Waals surface area contributed by atoms with Crippen LogP contribution in [0.25, 0.3) is 0 Å². The molecule has 2 aliphatic carbocycles. The summed E-state index contributed by atoms with van der Waals surface area (Å²) in [5.41, 5.74) is -0.972. The number of aromatic nitrogens is 2. The fourth-order valence-electron chi connectivity index (χ4n) is 5.51. The summed E-state index contributed by atoms with van der Waals surface area (Å²) in [5, 5.41) is 26.7. The Morgan fingerprint density at radius 1 is 1.45 bits per heavy atom. The average Bonchev–Trinajstić information content (AvgIpc) is 3.20. The molecule has 10 nitrogen and oxygen atoms in total. The Hall–Kier alpha value is -3.27. The zero-order valence-electron chi connectivity index (χ0n) is 18.9. The van der Waals surface area contributed by atoms with E-state index >= 15 is 0 Å². The van der Waals surface area contributed by atoms with Crippen molar-refractivity contribution in [1.29, 1.82) is 0 Å². The Kier molecular flexibility index (Phi) is 5.96. The first-order valence-corrected chi connectivity index (χ1v) is 11.0. The number of amides is 1. The zero-order valence-corrected chi connectivity index (χ0v) is 18.9. The number of aliphatic imine (C=N–C) groups is 2. The molecule has 0 bridgehead atoms. The molecule has 2 unspecified atom stereocenters. The Balaban J connectivity index is 1.77. The predicted molar refractivity (Wildman–Crippen MR) is 125 cm³/mol. The highest BCUT2D eigenvalue weighted by molar-refractivity contribution is 5.92. The molecule has 1 amide bonds. The highest BCUT2D eigenvalue weighted by atomic mass is 16.3. The predicted octanol–water partition coefficient (Wildman–Crippen LogP) is 0.713. The van der Waals surface area contributed by atoms with Crippen LogP contribution < -0.4 is 10.7 Å². The molecule has 33 heavy (non-hydrogen) atoms. The molecule has 0 saturated heterocycles. The molecular weight excluding hydrogens is 424 g/mol. The SMILES string of the molecule is C=N[C@@]12CC(Cn3cc(O)c(=O)c(C(=O)NC)n3)(N3/C=C(/C)C/C=C\C=N/C3)C[C@@H]1C2CO. The van der Waals surface area contributed by atoms with E-state index < -0.39 is 28.2 Å². The molecule has 1 aromatic heterocycles. The van der Waals surface area contributed by atoms with Crippen molar-refractivity contribution in [3.8, 4) is 5.75 Å². The molecule has 176 valence electrons. The van der Waals surface area contributed by atoms with E-state index in [1.54, 1.807) is 6.21 Å². The van der Waals surface area contributed by atoms with Gasteiger partial charge in [0, 0.05) is 32.0 Å². The van der Waals surface area contributed by atoms with Crippen molar-refractivity contribution in [1.82, 2.24) is 20.0 Å². The summed E-state index contributed by atoms with van der Waals surface area (Å²) in [5.74, 6) is -0.973. The number of rotatable bonds is 6. The topological polar surface area (TPSA) is 132 Å². The second kappa shape index (κ2) is 8.58. The molecule has 0 spiro atoms. The lowest BCUT2D eigenvalue weighted by Crippen LogP contribution is -2.50. The highest BCUT2D eigenvalue weighted by Gasteiger charge is 2.73. The number of carbonyl (C=O) groups is 1. The first-order chi connectivity index (χ1) is 15.8. The lowest BCUT2D eigenvalue weighted by molar-refractivity contribution is 0.0900. The van der Waals surface area contributed by atoms with Gasteiger partial charge in [0.1, 0.15) is 6.67 Å². The summed E-state index contributed by atoms with van der Waals surface area (Å²) in [6.45, 7) is 6.62. The number of nitrogens with zero attached hydrogens (tertiary/aromatic N) is 5. The molecular formula is C23H30N6O4. The minimum Gasteiger partial charge on any atom is -0.503 e. The number of allylic oxidation sites excluding steroid dienone is 3. The molecule has 3 aliphatic rings. The van der Waals surface area contributed by atoms with Crippen molar-refractivity contribution in [2.45, 2.75) is 43.8 Å². The average molecular weight is 455 g/mol. The van der Waals surface area contributed by atoms with Gasteiger partial charge in [-0.2, -0.15) is 5.10 Å². The maximum atomic E-state index is 12.3. The lowest BCUT2D eigenvalue weighted by Gasteiger charge is -2.43. The summed E-state index contributed by atoms with van der Waals surface area (Å²) >= 11 is 0. The monoisotopic (exact) mass is 454 g/mol. The van der Waals surface area contributed by atoms with Crippen molar-refractivity contribution in [3.05, 3.63) is 46.0 Å². The van der Waals surface area contributed by atoms with Crippen LogP contribution in [0.4, 0.5) is 0 Å². The van der Waals surface area contributed by atoms with Crippen LogP contribution in [0.15, 0.2) is 44.9 Å². The van der Waals surface area contributed by atoms with E-state index in [0.29, 0.717) is 26.1 Å². The summed E-state index contributed by atoms with van der Waals surface area (Å²) in [6, 6.07) is 0. The molecule has 2 fully saturated rings. The summed E-state index contributed by atoms with van der Waals surface area (Å²) in [6.07, 6.45) is 11.2. The molecule has 1 aliphatic heterocycles. The number of aromatic hydroxyl groups is 1. The van der Waals surface area contributed by atoms with E-state index in [9.17, 15) is 19.8 Å². The van der Waals surface area contributed by atoms with Gasteiger partial charge in [-0.25, -0.2) is 0 Å². The number of aliphatic hydroxyl groups is 1. The van der Waals surface area contributed by atoms with Crippen LogP contribution >= 0.6 is 0 Å². The van der Waals surface area contributed by atoms with Crippen LogP contribution in [0, 0.1) is 11.8 Å². The Morgan fingerprint density at radius 3 is 2.91 bits per heavy atom. The van der Waals surface area contributed by atoms with Gasteiger partial charge in [-0.05, 0) is 44.9 Å². The molecule has 0 aromatic carbocycles. The highest BCUT2D eigenvalue weighted by Crippen LogP contribution is 2.67. The molecule has 4 rings (SSSR count). The summed E-state index contributed by atoms with van der Waals surface area (Å²) in [4.78, 5) is 35.6. The van der Waals surface area contributed by atoms with E-state index in [1.165, 1.54) is 17.9 Å². The fraction of sp³-hybridized carbons (Fsp3) is 0.522. The van der Waals surface area contributed by atoms with Gasteiger partial charge in [0.25, 0.3) is 11.3 Å². The summed E-state index contributed by atoms with van der Waals surface area (Å²) in [7, 11) is 1.40.